The van der Waals surface area contributed by atoms with E-state index in [0.717, 1.165) is 16.0 Å². The van der Waals surface area contributed by atoms with Crippen molar-refractivity contribution in [3.63, 3.8) is 0 Å². The summed E-state index contributed by atoms with van der Waals surface area (Å²) in [6, 6.07) is 11.6. The fourth-order valence-corrected chi connectivity index (χ4v) is 2.32. The van der Waals surface area contributed by atoms with Gasteiger partial charge in [-0.25, -0.2) is 0 Å². The van der Waals surface area contributed by atoms with Crippen LogP contribution in [0.2, 0.25) is 0 Å². The lowest BCUT2D eigenvalue weighted by Gasteiger charge is -2.12. The lowest BCUT2D eigenvalue weighted by molar-refractivity contribution is 0.0960. The molecule has 0 saturated carbocycles. The van der Waals surface area contributed by atoms with Crippen molar-refractivity contribution < 1.29 is 10.2 Å². The zero-order chi connectivity index (χ0) is 10.7. The monoisotopic (exact) mass is 220 g/mol. The van der Waals surface area contributed by atoms with Crippen molar-refractivity contribution in [3.8, 4) is 10.4 Å². The molecule has 0 amide bonds. The van der Waals surface area contributed by atoms with E-state index in [9.17, 15) is 5.11 Å². The molecule has 0 spiro atoms. The average Bonchev–Trinajstić information content (AvgIpc) is 2.81. The fourth-order valence-electron chi connectivity index (χ4n) is 1.54. The Hall–Kier alpha value is -1.16. The van der Waals surface area contributed by atoms with Gasteiger partial charge >= 0.3 is 0 Å². The molecular formula is C12H12O2S. The van der Waals surface area contributed by atoms with Crippen molar-refractivity contribution in [1.82, 2.24) is 0 Å². The van der Waals surface area contributed by atoms with Gasteiger partial charge in [0, 0.05) is 4.88 Å². The number of aliphatic hydroxyl groups is 2. The Bertz CT molecular complexity index is 423. The minimum absolute atomic E-state index is 0.248. The van der Waals surface area contributed by atoms with Crippen molar-refractivity contribution >= 4 is 11.3 Å². The van der Waals surface area contributed by atoms with Crippen molar-refractivity contribution in [2.24, 2.45) is 0 Å². The van der Waals surface area contributed by atoms with E-state index in [0.29, 0.717) is 0 Å². The second kappa shape index (κ2) is 4.57. The Morgan fingerprint density at radius 2 is 1.93 bits per heavy atom. The molecule has 0 saturated heterocycles. The molecule has 0 fully saturated rings. The zero-order valence-electron chi connectivity index (χ0n) is 8.13. The molecule has 1 aromatic heterocycles. The average molecular weight is 220 g/mol. The number of hydrogen-bond acceptors (Lipinski definition) is 3. The molecule has 15 heavy (non-hydrogen) atoms. The van der Waals surface area contributed by atoms with Gasteiger partial charge in [-0.3, -0.25) is 0 Å². The van der Waals surface area contributed by atoms with Gasteiger partial charge in [-0.15, -0.1) is 11.3 Å². The summed E-state index contributed by atoms with van der Waals surface area (Å²) in [7, 11) is 0. The number of rotatable bonds is 3. The van der Waals surface area contributed by atoms with Gasteiger partial charge in [0.15, 0.2) is 0 Å². The summed E-state index contributed by atoms with van der Waals surface area (Å²) in [5.41, 5.74) is 1.77. The molecule has 2 nitrogen and oxygen atoms in total. The molecule has 0 aliphatic rings. The van der Waals surface area contributed by atoms with Crippen LogP contribution in [-0.4, -0.2) is 16.8 Å². The lowest BCUT2D eigenvalue weighted by Crippen LogP contribution is -2.03. The second-order valence-electron chi connectivity index (χ2n) is 3.26. The predicted octanol–water partition coefficient (Wildman–Crippen LogP) is 2.44. The van der Waals surface area contributed by atoms with E-state index < -0.39 is 6.10 Å². The van der Waals surface area contributed by atoms with Crippen LogP contribution >= 0.6 is 11.3 Å². The van der Waals surface area contributed by atoms with Crippen LogP contribution in [0.25, 0.3) is 10.4 Å². The van der Waals surface area contributed by atoms with Gasteiger partial charge in [-0.2, -0.15) is 0 Å². The minimum atomic E-state index is -0.803. The molecular weight excluding hydrogens is 208 g/mol. The molecule has 0 aliphatic heterocycles. The normalized spacial score (nSPS) is 12.7. The van der Waals surface area contributed by atoms with Crippen LogP contribution in [0.15, 0.2) is 41.8 Å². The van der Waals surface area contributed by atoms with Crippen molar-refractivity contribution in [2.45, 2.75) is 6.10 Å². The van der Waals surface area contributed by atoms with Gasteiger partial charge < -0.3 is 10.2 Å². The summed E-state index contributed by atoms with van der Waals surface area (Å²) >= 11 is 1.63. The van der Waals surface area contributed by atoms with Gasteiger partial charge in [0.1, 0.15) is 6.10 Å². The van der Waals surface area contributed by atoms with Crippen LogP contribution in [0.1, 0.15) is 11.7 Å². The Kier molecular flexibility index (Phi) is 3.16. The fraction of sp³-hybridized carbons (Fsp3) is 0.167. The highest BCUT2D eigenvalue weighted by atomic mass is 32.1. The van der Waals surface area contributed by atoms with Crippen LogP contribution in [0.3, 0.4) is 0 Å². The van der Waals surface area contributed by atoms with Crippen LogP contribution < -0.4 is 0 Å². The first kappa shape index (κ1) is 10.4. The summed E-state index contributed by atoms with van der Waals surface area (Å²) < 4.78 is 0. The van der Waals surface area contributed by atoms with E-state index in [1.165, 1.54) is 0 Å². The lowest BCUT2D eigenvalue weighted by atomic mass is 10.0. The van der Waals surface area contributed by atoms with E-state index in [1.807, 2.05) is 41.8 Å². The van der Waals surface area contributed by atoms with Gasteiger partial charge in [0.05, 0.1) is 6.61 Å². The number of hydrogen-bond donors (Lipinski definition) is 2. The molecule has 1 aromatic carbocycles. The molecule has 2 aromatic rings. The number of aliphatic hydroxyl groups excluding tert-OH is 2. The van der Waals surface area contributed by atoms with Crippen LogP contribution in [0, 0.1) is 0 Å². The zero-order valence-corrected chi connectivity index (χ0v) is 8.95. The predicted molar refractivity (Wildman–Crippen MR) is 61.8 cm³/mol. The third kappa shape index (κ3) is 2.09. The first-order valence-electron chi connectivity index (χ1n) is 4.74. The first-order valence-corrected chi connectivity index (χ1v) is 5.62. The van der Waals surface area contributed by atoms with Crippen molar-refractivity contribution in [3.05, 3.63) is 47.3 Å². The summed E-state index contributed by atoms with van der Waals surface area (Å²) in [5, 5.41) is 20.6. The first-order chi connectivity index (χ1) is 7.33. The van der Waals surface area contributed by atoms with E-state index in [1.54, 1.807) is 11.3 Å². The largest absolute Gasteiger partial charge is 0.393 e. The van der Waals surface area contributed by atoms with E-state index >= 15 is 0 Å². The van der Waals surface area contributed by atoms with Gasteiger partial charge in [-0.1, -0.05) is 30.3 Å². The van der Waals surface area contributed by atoms with Gasteiger partial charge in [0.25, 0.3) is 0 Å². The summed E-state index contributed by atoms with van der Waals surface area (Å²) in [5.74, 6) is 0. The van der Waals surface area contributed by atoms with Crippen LogP contribution in [0.4, 0.5) is 0 Å². The van der Waals surface area contributed by atoms with E-state index in [4.69, 9.17) is 5.11 Å². The highest BCUT2D eigenvalue weighted by Crippen LogP contribution is 2.31. The molecule has 1 atom stereocenters. The van der Waals surface area contributed by atoms with Crippen LogP contribution in [0.5, 0.6) is 0 Å². The molecule has 3 heteroatoms. The molecule has 1 heterocycles. The maximum atomic E-state index is 9.66. The minimum Gasteiger partial charge on any atom is -0.393 e. The molecule has 78 valence electrons. The molecule has 0 bridgehead atoms. The third-order valence-electron chi connectivity index (χ3n) is 2.28. The number of benzene rings is 1. The molecule has 0 aliphatic carbocycles. The molecule has 2 rings (SSSR count). The summed E-state index contributed by atoms with van der Waals surface area (Å²) in [6.45, 7) is -0.248. The SMILES string of the molecule is OCC(O)c1ccccc1-c1cccs1. The van der Waals surface area contributed by atoms with Gasteiger partial charge in [-0.05, 0) is 22.6 Å². The van der Waals surface area contributed by atoms with Gasteiger partial charge in [0.2, 0.25) is 0 Å². The van der Waals surface area contributed by atoms with E-state index in [2.05, 4.69) is 0 Å². The molecule has 1 unspecified atom stereocenters. The maximum absolute atomic E-state index is 9.66. The Balaban J connectivity index is 2.47. The quantitative estimate of drug-likeness (QED) is 0.834. The summed E-state index contributed by atoms with van der Waals surface area (Å²) in [4.78, 5) is 1.11. The smallest absolute Gasteiger partial charge is 0.103 e. The molecule has 2 N–H and O–H groups in total. The number of thiophene rings is 1. The Labute approximate surface area is 92.4 Å². The van der Waals surface area contributed by atoms with E-state index in [-0.39, 0.29) is 6.61 Å². The van der Waals surface area contributed by atoms with Crippen molar-refractivity contribution in [1.29, 1.82) is 0 Å². The molecule has 0 radical (unpaired) electrons. The third-order valence-corrected chi connectivity index (χ3v) is 3.18. The highest BCUT2D eigenvalue weighted by molar-refractivity contribution is 7.13. The maximum Gasteiger partial charge on any atom is 0.103 e. The second-order valence-corrected chi connectivity index (χ2v) is 4.21. The Morgan fingerprint density at radius 3 is 2.60 bits per heavy atom. The Morgan fingerprint density at radius 1 is 1.13 bits per heavy atom. The topological polar surface area (TPSA) is 40.5 Å². The summed E-state index contributed by atoms with van der Waals surface area (Å²) in [6.07, 6.45) is -0.803. The standard InChI is InChI=1S/C12H12O2S/c13-8-11(14)9-4-1-2-5-10(9)12-6-3-7-15-12/h1-7,11,13-14H,8H2. The van der Waals surface area contributed by atoms with Crippen molar-refractivity contribution in [2.75, 3.05) is 6.61 Å². The van der Waals surface area contributed by atoms with Crippen LogP contribution in [-0.2, 0) is 0 Å². The highest BCUT2D eigenvalue weighted by Gasteiger charge is 2.12.